The van der Waals surface area contributed by atoms with Crippen LogP contribution in [0, 0.1) is 0 Å². The minimum absolute atomic E-state index is 0.0388. The molecular weight excluding hydrogens is 340 g/mol. The highest BCUT2D eigenvalue weighted by Gasteiger charge is 2.17. The predicted octanol–water partition coefficient (Wildman–Crippen LogP) is 2.55. The van der Waals surface area contributed by atoms with Crippen molar-refractivity contribution in [2.75, 3.05) is 19.0 Å². The first kappa shape index (κ1) is 15.4. The second-order valence-electron chi connectivity index (χ2n) is 5.25. The molecule has 0 radical (unpaired) electrons. The van der Waals surface area contributed by atoms with Gasteiger partial charge in [0.05, 0.1) is 23.9 Å². The molecule has 3 heterocycles. The lowest BCUT2D eigenvalue weighted by atomic mass is 10.1. The summed E-state index contributed by atoms with van der Waals surface area (Å²) < 4.78 is 12.4. The first-order valence-electron chi connectivity index (χ1n) is 7.53. The van der Waals surface area contributed by atoms with Crippen LogP contribution in [0.15, 0.2) is 56.5 Å². The number of hydrogen-bond donors (Lipinski definition) is 1. The summed E-state index contributed by atoms with van der Waals surface area (Å²) in [6.07, 6.45) is 3.23. The molecular formula is C17H14N4O3S. The third-order valence-electron chi connectivity index (χ3n) is 3.63. The second kappa shape index (κ2) is 6.40. The van der Waals surface area contributed by atoms with Crippen molar-refractivity contribution >= 4 is 29.1 Å². The van der Waals surface area contributed by atoms with Crippen molar-refractivity contribution < 1.29 is 13.9 Å². The molecule has 0 spiro atoms. The summed E-state index contributed by atoms with van der Waals surface area (Å²) in [5.41, 5.74) is 2.40. The molecule has 0 saturated heterocycles. The standard InChI is InChI=1S/C17H14N4O3S/c1-18-17-21(19-8-12-3-2-6-23-12)14(10-25-17)11-4-5-15-13(7-11)20-16(22)9-24-15/h2-8,10H,9H2,1H3,(H,20,22). The zero-order chi connectivity index (χ0) is 17.2. The number of fused-ring (bicyclic) bond motifs is 1. The fraction of sp³-hybridized carbons (Fsp3) is 0.118. The van der Waals surface area contributed by atoms with Crippen LogP contribution in [-0.2, 0) is 4.79 Å². The lowest BCUT2D eigenvalue weighted by Crippen LogP contribution is -2.25. The molecule has 7 nitrogen and oxygen atoms in total. The Morgan fingerprint density at radius 1 is 1.36 bits per heavy atom. The van der Waals surface area contributed by atoms with Gasteiger partial charge in [0.25, 0.3) is 5.91 Å². The Morgan fingerprint density at radius 2 is 2.28 bits per heavy atom. The summed E-state index contributed by atoms with van der Waals surface area (Å²) in [6.45, 7) is 0.0388. The maximum atomic E-state index is 11.5. The maximum Gasteiger partial charge on any atom is 0.262 e. The van der Waals surface area contributed by atoms with Crippen molar-refractivity contribution in [2.45, 2.75) is 0 Å². The summed E-state index contributed by atoms with van der Waals surface area (Å²) in [7, 11) is 1.72. The molecule has 0 unspecified atom stereocenters. The molecule has 4 rings (SSSR count). The van der Waals surface area contributed by atoms with Crippen molar-refractivity contribution in [3.63, 3.8) is 0 Å². The smallest absolute Gasteiger partial charge is 0.262 e. The number of nitrogens with zero attached hydrogens (tertiary/aromatic N) is 3. The van der Waals surface area contributed by atoms with Crippen LogP contribution in [0.2, 0.25) is 0 Å². The van der Waals surface area contributed by atoms with E-state index in [9.17, 15) is 4.79 Å². The lowest BCUT2D eigenvalue weighted by molar-refractivity contribution is -0.118. The van der Waals surface area contributed by atoms with Gasteiger partial charge in [-0.1, -0.05) is 0 Å². The summed E-state index contributed by atoms with van der Waals surface area (Å²) in [5.74, 6) is 1.14. The van der Waals surface area contributed by atoms with E-state index in [1.807, 2.05) is 29.6 Å². The molecule has 8 heteroatoms. The Balaban J connectivity index is 1.77. The highest BCUT2D eigenvalue weighted by atomic mass is 32.1. The fourth-order valence-electron chi connectivity index (χ4n) is 2.48. The Morgan fingerprint density at radius 3 is 3.08 bits per heavy atom. The van der Waals surface area contributed by atoms with Gasteiger partial charge in [-0.2, -0.15) is 5.10 Å². The quantitative estimate of drug-likeness (QED) is 0.734. The van der Waals surface area contributed by atoms with E-state index < -0.39 is 0 Å². The summed E-state index contributed by atoms with van der Waals surface area (Å²) in [4.78, 5) is 16.5. The number of ether oxygens (including phenoxy) is 1. The van der Waals surface area contributed by atoms with Gasteiger partial charge in [0.1, 0.15) is 11.5 Å². The molecule has 2 aromatic heterocycles. The summed E-state index contributed by atoms with van der Waals surface area (Å²) >= 11 is 1.48. The molecule has 0 saturated carbocycles. The average molecular weight is 354 g/mol. The van der Waals surface area contributed by atoms with Gasteiger partial charge >= 0.3 is 0 Å². The number of carbonyl (C=O) groups is 1. The van der Waals surface area contributed by atoms with E-state index >= 15 is 0 Å². The molecule has 3 aromatic rings. The highest BCUT2D eigenvalue weighted by Crippen LogP contribution is 2.32. The van der Waals surface area contributed by atoms with Crippen LogP contribution in [0.25, 0.3) is 11.3 Å². The van der Waals surface area contributed by atoms with E-state index in [1.165, 1.54) is 11.3 Å². The van der Waals surface area contributed by atoms with Crippen molar-refractivity contribution in [2.24, 2.45) is 10.1 Å². The van der Waals surface area contributed by atoms with Gasteiger partial charge in [-0.3, -0.25) is 9.79 Å². The van der Waals surface area contributed by atoms with Gasteiger partial charge in [-0.25, -0.2) is 4.68 Å². The van der Waals surface area contributed by atoms with Gasteiger partial charge in [0.15, 0.2) is 6.61 Å². The Bertz CT molecular complexity index is 1010. The second-order valence-corrected chi connectivity index (χ2v) is 6.08. The normalized spacial score (nSPS) is 14.4. The topological polar surface area (TPSA) is 81.1 Å². The molecule has 0 aliphatic carbocycles. The van der Waals surface area contributed by atoms with E-state index in [-0.39, 0.29) is 12.5 Å². The van der Waals surface area contributed by atoms with Crippen LogP contribution in [0.5, 0.6) is 5.75 Å². The van der Waals surface area contributed by atoms with E-state index in [0.717, 1.165) is 16.1 Å². The van der Waals surface area contributed by atoms with E-state index in [2.05, 4.69) is 15.4 Å². The van der Waals surface area contributed by atoms with Crippen molar-refractivity contribution in [3.8, 4) is 17.0 Å². The highest BCUT2D eigenvalue weighted by molar-refractivity contribution is 7.07. The number of furan rings is 1. The van der Waals surface area contributed by atoms with Crippen molar-refractivity contribution in [3.05, 3.63) is 52.5 Å². The lowest BCUT2D eigenvalue weighted by Gasteiger charge is -2.18. The van der Waals surface area contributed by atoms with Gasteiger partial charge < -0.3 is 14.5 Å². The van der Waals surface area contributed by atoms with Crippen molar-refractivity contribution in [1.29, 1.82) is 0 Å². The molecule has 1 aliphatic heterocycles. The van der Waals surface area contributed by atoms with E-state index in [4.69, 9.17) is 9.15 Å². The number of hydrogen-bond acceptors (Lipinski definition) is 6. The van der Waals surface area contributed by atoms with Gasteiger partial charge in [-0.05, 0) is 30.3 Å². The van der Waals surface area contributed by atoms with Crippen LogP contribution in [0.4, 0.5) is 5.69 Å². The van der Waals surface area contributed by atoms with Crippen LogP contribution >= 0.6 is 11.3 Å². The third-order valence-corrected chi connectivity index (χ3v) is 4.54. The monoisotopic (exact) mass is 354 g/mol. The number of aromatic nitrogens is 1. The molecule has 1 N–H and O–H groups in total. The van der Waals surface area contributed by atoms with Crippen LogP contribution in [-0.4, -0.2) is 30.5 Å². The summed E-state index contributed by atoms with van der Waals surface area (Å²) in [5, 5.41) is 9.26. The number of nitrogens with one attached hydrogen (secondary N) is 1. The van der Waals surface area contributed by atoms with Crippen LogP contribution in [0.1, 0.15) is 5.76 Å². The largest absolute Gasteiger partial charge is 0.482 e. The molecule has 1 amide bonds. The number of amides is 1. The number of carbonyl (C=O) groups excluding carboxylic acids is 1. The molecule has 1 aromatic carbocycles. The fourth-order valence-corrected chi connectivity index (χ4v) is 3.29. The van der Waals surface area contributed by atoms with Crippen LogP contribution in [0.3, 0.4) is 0 Å². The van der Waals surface area contributed by atoms with Gasteiger partial charge in [0.2, 0.25) is 4.80 Å². The first-order valence-corrected chi connectivity index (χ1v) is 8.41. The maximum absolute atomic E-state index is 11.5. The SMILES string of the molecule is CN=c1scc(-c2ccc3c(c2)NC(=O)CO3)n1N=Cc1ccco1. The average Bonchev–Trinajstić information content (AvgIpc) is 3.28. The molecule has 0 atom stereocenters. The van der Waals surface area contributed by atoms with Gasteiger partial charge in [-0.15, -0.1) is 11.3 Å². The Kier molecular flexibility index (Phi) is 3.95. The van der Waals surface area contributed by atoms with E-state index in [0.29, 0.717) is 17.2 Å². The number of thiazole rings is 1. The van der Waals surface area contributed by atoms with E-state index in [1.54, 1.807) is 30.3 Å². The Hall–Kier alpha value is -3.13. The Labute approximate surface area is 146 Å². The zero-order valence-corrected chi connectivity index (χ0v) is 14.1. The molecule has 0 bridgehead atoms. The molecule has 1 aliphatic rings. The predicted molar refractivity (Wildman–Crippen MR) is 95.1 cm³/mol. The van der Waals surface area contributed by atoms with Crippen LogP contribution < -0.4 is 14.9 Å². The molecule has 25 heavy (non-hydrogen) atoms. The zero-order valence-electron chi connectivity index (χ0n) is 13.3. The molecule has 126 valence electrons. The first-order chi connectivity index (χ1) is 12.2. The van der Waals surface area contributed by atoms with Gasteiger partial charge in [0, 0.05) is 18.0 Å². The number of rotatable bonds is 3. The minimum Gasteiger partial charge on any atom is -0.482 e. The summed E-state index contributed by atoms with van der Waals surface area (Å²) in [6, 6.07) is 9.26. The number of benzene rings is 1. The number of anilines is 1. The third kappa shape index (κ3) is 2.99. The minimum atomic E-state index is -0.164. The van der Waals surface area contributed by atoms with Crippen molar-refractivity contribution in [1.82, 2.24) is 4.68 Å². The molecule has 0 fully saturated rings.